The first kappa shape index (κ1) is 42.1. The normalized spacial score (nSPS) is 17.2. The summed E-state index contributed by atoms with van der Waals surface area (Å²) in [5.41, 5.74) is 25.1. The lowest BCUT2D eigenvalue weighted by atomic mass is 9.51. The molecule has 0 aromatic heterocycles. The van der Waals surface area contributed by atoms with Crippen molar-refractivity contribution in [3.63, 3.8) is 0 Å². The minimum absolute atomic E-state index is 0.0802. The maximum absolute atomic E-state index is 2.50. The molecule has 0 heterocycles. The smallest absolute Gasteiger partial charge is 0.0728 e. The number of anilines is 3. The molecule has 0 radical (unpaired) electrons. The van der Waals surface area contributed by atoms with E-state index in [9.17, 15) is 0 Å². The summed E-state index contributed by atoms with van der Waals surface area (Å²) < 4.78 is 0. The van der Waals surface area contributed by atoms with E-state index in [4.69, 9.17) is 0 Å². The molecule has 0 fully saturated rings. The Labute approximate surface area is 423 Å². The summed E-state index contributed by atoms with van der Waals surface area (Å²) in [5.74, 6) is 0. The van der Waals surface area contributed by atoms with Gasteiger partial charge in [-0.05, 0) is 137 Å². The average molecular weight is 918 g/mol. The van der Waals surface area contributed by atoms with Crippen LogP contribution in [0.15, 0.2) is 273 Å². The van der Waals surface area contributed by atoms with Crippen LogP contribution in [0.3, 0.4) is 0 Å². The van der Waals surface area contributed by atoms with Gasteiger partial charge in [0, 0.05) is 16.8 Å². The van der Waals surface area contributed by atoms with Gasteiger partial charge in [0.05, 0.1) is 16.5 Å². The molecule has 1 nitrogen and oxygen atoms in total. The highest BCUT2D eigenvalue weighted by atomic mass is 15.1. The van der Waals surface area contributed by atoms with Crippen LogP contribution in [-0.4, -0.2) is 0 Å². The van der Waals surface area contributed by atoms with Gasteiger partial charge in [-0.2, -0.15) is 0 Å². The van der Waals surface area contributed by atoms with Crippen molar-refractivity contribution < 1.29 is 0 Å². The van der Waals surface area contributed by atoms with E-state index >= 15 is 0 Å². The monoisotopic (exact) mass is 917 g/mol. The summed E-state index contributed by atoms with van der Waals surface area (Å²) in [5, 5.41) is 0. The first-order valence-corrected chi connectivity index (χ1v) is 25.3. The minimum atomic E-state index is -0.739. The predicted molar refractivity (Wildman–Crippen MR) is 299 cm³/mol. The van der Waals surface area contributed by atoms with Crippen LogP contribution in [0.5, 0.6) is 0 Å². The molecule has 11 aromatic rings. The van der Waals surface area contributed by atoms with E-state index in [0.29, 0.717) is 0 Å². The van der Waals surface area contributed by atoms with Gasteiger partial charge in [-0.3, -0.25) is 0 Å². The average Bonchev–Trinajstić information content (AvgIpc) is 3.90. The molecule has 72 heavy (non-hydrogen) atoms. The van der Waals surface area contributed by atoms with Gasteiger partial charge in [0.15, 0.2) is 0 Å². The molecule has 3 aliphatic carbocycles. The van der Waals surface area contributed by atoms with Gasteiger partial charge in [-0.15, -0.1) is 0 Å². The second kappa shape index (κ2) is 16.1. The third-order valence-electron chi connectivity index (χ3n) is 16.4. The fourth-order valence-electron chi connectivity index (χ4n) is 13.4. The number of hydrogen-bond donors (Lipinski definition) is 0. The Bertz CT molecular complexity index is 3870. The Kier molecular flexibility index (Phi) is 9.44. The van der Waals surface area contributed by atoms with Gasteiger partial charge in [0.25, 0.3) is 0 Å². The number of fused-ring (bicyclic) bond motifs is 8. The fraction of sp³-hybridized carbons (Fsp3) is 0.0704. The van der Waals surface area contributed by atoms with Crippen molar-refractivity contribution in [2.75, 3.05) is 4.90 Å². The lowest BCUT2D eigenvalue weighted by Crippen LogP contribution is -2.44. The van der Waals surface area contributed by atoms with Crippen LogP contribution in [-0.2, 0) is 16.2 Å². The summed E-state index contributed by atoms with van der Waals surface area (Å²) in [7, 11) is 0. The Morgan fingerprint density at radius 2 is 0.681 bits per heavy atom. The highest BCUT2D eigenvalue weighted by Gasteiger charge is 2.58. The maximum Gasteiger partial charge on any atom is 0.0728 e. The maximum atomic E-state index is 2.50. The molecule has 1 heteroatoms. The number of rotatable bonds is 8. The van der Waals surface area contributed by atoms with Crippen molar-refractivity contribution in [1.82, 2.24) is 0 Å². The third kappa shape index (κ3) is 5.89. The van der Waals surface area contributed by atoms with Crippen molar-refractivity contribution in [2.45, 2.75) is 30.1 Å². The van der Waals surface area contributed by atoms with Crippen LogP contribution in [0.4, 0.5) is 17.1 Å². The van der Waals surface area contributed by atoms with E-state index in [0.717, 1.165) is 17.1 Å². The van der Waals surface area contributed by atoms with Crippen LogP contribution in [0, 0.1) is 0 Å². The van der Waals surface area contributed by atoms with E-state index in [-0.39, 0.29) is 5.41 Å². The summed E-state index contributed by atoms with van der Waals surface area (Å²) in [6, 6.07) is 102. The zero-order valence-corrected chi connectivity index (χ0v) is 40.4. The second-order valence-corrected chi connectivity index (χ2v) is 20.3. The Balaban J connectivity index is 1.01. The molecule has 340 valence electrons. The standard InChI is InChI=1S/C71H51N/c1-69(2)60-30-14-12-27-56(60)58-46-41-51(47-66(58)69)50-39-44-55(45-40-50)72(54-42-37-49(38-43-54)48-21-6-3-7-22-48)67-36-19-18-34-64(67)70(52-23-8-4-9-24-52)62-32-16-17-33-63(62)71(53-25-10-5-11-26-53)61-31-15-13-28-57(61)59-29-20-35-65(70)68(59)71/h3-47H,1-2H3. The van der Waals surface area contributed by atoms with E-state index in [1.165, 1.54) is 100 Å². The van der Waals surface area contributed by atoms with Crippen LogP contribution >= 0.6 is 0 Å². The molecule has 0 saturated heterocycles. The molecule has 14 rings (SSSR count). The van der Waals surface area contributed by atoms with Gasteiger partial charge in [-0.1, -0.05) is 250 Å². The molecule has 0 amide bonds. The number of para-hydroxylation sites is 1. The molecule has 0 saturated carbocycles. The van der Waals surface area contributed by atoms with Crippen molar-refractivity contribution >= 4 is 17.1 Å². The summed E-state index contributed by atoms with van der Waals surface area (Å²) in [6.45, 7) is 4.72. The zero-order chi connectivity index (χ0) is 48.0. The Morgan fingerprint density at radius 1 is 0.264 bits per heavy atom. The SMILES string of the molecule is CC1(C)c2ccccc2-c2ccc(-c3ccc(N(c4ccc(-c5ccccc5)cc4)c4ccccc4C4(c5ccccc5)c5ccccc5C5(c6ccccc6)c6ccccc6-c6cccc4c65)cc3)cc21. The van der Waals surface area contributed by atoms with Gasteiger partial charge in [-0.25, -0.2) is 0 Å². The largest absolute Gasteiger partial charge is 0.310 e. The van der Waals surface area contributed by atoms with Crippen molar-refractivity contribution in [3.05, 3.63) is 329 Å². The Hall–Kier alpha value is -8.78. The fourth-order valence-corrected chi connectivity index (χ4v) is 13.4. The van der Waals surface area contributed by atoms with Crippen molar-refractivity contribution in [2.24, 2.45) is 0 Å². The van der Waals surface area contributed by atoms with Crippen molar-refractivity contribution in [3.8, 4) is 44.5 Å². The molecular weight excluding hydrogens is 867 g/mol. The topological polar surface area (TPSA) is 3.24 Å². The quantitative estimate of drug-likeness (QED) is 0.147. The molecule has 0 spiro atoms. The van der Waals surface area contributed by atoms with E-state index in [1.54, 1.807) is 0 Å². The lowest BCUT2D eigenvalue weighted by molar-refractivity contribution is 0.627. The van der Waals surface area contributed by atoms with Crippen LogP contribution < -0.4 is 4.90 Å². The van der Waals surface area contributed by atoms with Crippen LogP contribution in [0.25, 0.3) is 44.5 Å². The van der Waals surface area contributed by atoms with Gasteiger partial charge < -0.3 is 4.90 Å². The van der Waals surface area contributed by atoms with E-state index < -0.39 is 10.8 Å². The molecule has 11 aromatic carbocycles. The Morgan fingerprint density at radius 3 is 1.32 bits per heavy atom. The molecule has 0 bridgehead atoms. The molecule has 2 unspecified atom stereocenters. The van der Waals surface area contributed by atoms with E-state index in [1.807, 2.05) is 0 Å². The summed E-state index contributed by atoms with van der Waals surface area (Å²) >= 11 is 0. The zero-order valence-electron chi connectivity index (χ0n) is 40.4. The molecule has 3 aliphatic rings. The van der Waals surface area contributed by atoms with E-state index in [2.05, 4.69) is 292 Å². The van der Waals surface area contributed by atoms with Crippen molar-refractivity contribution in [1.29, 1.82) is 0 Å². The number of nitrogens with zero attached hydrogens (tertiary/aromatic N) is 1. The molecule has 2 atom stereocenters. The van der Waals surface area contributed by atoms with Gasteiger partial charge in [0.1, 0.15) is 0 Å². The minimum Gasteiger partial charge on any atom is -0.310 e. The van der Waals surface area contributed by atoms with Crippen LogP contribution in [0.2, 0.25) is 0 Å². The number of hydrogen-bond acceptors (Lipinski definition) is 1. The highest BCUT2D eigenvalue weighted by Crippen LogP contribution is 2.66. The third-order valence-corrected chi connectivity index (χ3v) is 16.4. The van der Waals surface area contributed by atoms with Gasteiger partial charge >= 0.3 is 0 Å². The number of benzene rings is 11. The molecule has 0 N–H and O–H groups in total. The highest BCUT2D eigenvalue weighted by molar-refractivity contribution is 5.94. The first-order chi connectivity index (χ1) is 35.5. The summed E-state index contributed by atoms with van der Waals surface area (Å²) in [6.07, 6.45) is 0. The first-order valence-electron chi connectivity index (χ1n) is 25.3. The second-order valence-electron chi connectivity index (χ2n) is 20.3. The molecular formula is C71H51N. The summed E-state index contributed by atoms with van der Waals surface area (Å²) in [4.78, 5) is 2.50. The predicted octanol–water partition coefficient (Wildman–Crippen LogP) is 17.9. The molecule has 0 aliphatic heterocycles. The lowest BCUT2D eigenvalue weighted by Gasteiger charge is -2.50. The van der Waals surface area contributed by atoms with Crippen LogP contribution in [0.1, 0.15) is 69.5 Å². The van der Waals surface area contributed by atoms with Gasteiger partial charge in [0.2, 0.25) is 0 Å².